The molecule has 336 valence electrons. The van der Waals surface area contributed by atoms with Crippen LogP contribution in [0.3, 0.4) is 0 Å². The molecule has 1 aliphatic rings. The van der Waals surface area contributed by atoms with E-state index in [2.05, 4.69) is 5.32 Å². The molecule has 3 atom stereocenters. The van der Waals surface area contributed by atoms with Crippen molar-refractivity contribution < 1.29 is 25.3 Å². The molecule has 0 saturated carbocycles. The fraction of sp³-hybridized carbons (Fsp3) is 0.294. The van der Waals surface area contributed by atoms with Crippen molar-refractivity contribution in [2.24, 2.45) is 5.92 Å². The Morgan fingerprint density at radius 2 is 0.906 bits per heavy atom. The molecule has 13 heteroatoms. The molecule has 0 fully saturated rings. The normalized spacial score (nSPS) is 18.4. The van der Waals surface area contributed by atoms with Crippen LogP contribution in [0.2, 0.25) is 0 Å². The van der Waals surface area contributed by atoms with Gasteiger partial charge >= 0.3 is 0 Å². The second-order valence-corrected chi connectivity index (χ2v) is 22.9. The number of nitrogens with one attached hydrogen (secondary N) is 1. The van der Waals surface area contributed by atoms with E-state index in [0.717, 1.165) is 27.8 Å². The van der Waals surface area contributed by atoms with Gasteiger partial charge in [-0.1, -0.05) is 140 Å². The number of nitrogens with zero attached hydrogens (tertiary/aromatic N) is 3. The number of fused-ring (bicyclic) bond motifs is 1. The van der Waals surface area contributed by atoms with Crippen molar-refractivity contribution in [3.05, 3.63) is 186 Å². The molecule has 1 heterocycles. The van der Waals surface area contributed by atoms with Crippen molar-refractivity contribution in [1.82, 2.24) is 8.61 Å². The van der Waals surface area contributed by atoms with Gasteiger partial charge in [0.25, 0.3) is 10.0 Å². The molecule has 0 spiro atoms. The average molecular weight is 919 g/mol. The molecule has 0 unspecified atom stereocenters. The lowest BCUT2D eigenvalue weighted by molar-refractivity contribution is 0.205. The van der Waals surface area contributed by atoms with Crippen LogP contribution in [0.4, 0.5) is 11.4 Å². The Hall–Kier alpha value is -5.31. The predicted molar refractivity (Wildman–Crippen MR) is 257 cm³/mol. The fourth-order valence-corrected chi connectivity index (χ4v) is 13.3. The van der Waals surface area contributed by atoms with Gasteiger partial charge in [0.1, 0.15) is 0 Å². The van der Waals surface area contributed by atoms with Gasteiger partial charge in [0, 0.05) is 31.2 Å². The van der Waals surface area contributed by atoms with Crippen LogP contribution in [0.5, 0.6) is 0 Å². The fourth-order valence-electron chi connectivity index (χ4n) is 8.42. The monoisotopic (exact) mass is 918 g/mol. The zero-order valence-electron chi connectivity index (χ0n) is 37.1. The highest BCUT2D eigenvalue weighted by Crippen LogP contribution is 2.36. The summed E-state index contributed by atoms with van der Waals surface area (Å²) in [6.07, 6.45) is 0.802. The number of para-hydroxylation sites is 2. The minimum atomic E-state index is -4.45. The Bertz CT molecular complexity index is 2830. The number of sulfonamides is 3. The van der Waals surface area contributed by atoms with E-state index in [1.807, 2.05) is 101 Å². The lowest BCUT2D eigenvalue weighted by atomic mass is 10.00. The van der Waals surface area contributed by atoms with Crippen LogP contribution < -0.4 is 9.62 Å². The largest absolute Gasteiger partial charge is 0.379 e. The van der Waals surface area contributed by atoms with Crippen molar-refractivity contribution in [1.29, 1.82) is 0 Å². The molecular weight excluding hydrogens is 861 g/mol. The highest BCUT2D eigenvalue weighted by molar-refractivity contribution is 7.93. The van der Waals surface area contributed by atoms with Gasteiger partial charge in [-0.2, -0.15) is 8.61 Å². The SMILES string of the molecule is Cc1ccc(S(=O)(=O)N2C[C@H](Cc3ccccc3)N(S(=O)(=O)c3ccc(C)cc3)C[C@H](CC(C)C)N(S(=O)(=O)c3ccc(C)cc3)C[C@H](Cc3ccccc3)Nc3ccccc32)cc1. The molecule has 6 aromatic rings. The second-order valence-electron chi connectivity index (χ2n) is 17.3. The Kier molecular flexibility index (Phi) is 14.5. The molecule has 0 bridgehead atoms. The quantitative estimate of drug-likeness (QED) is 0.130. The maximum atomic E-state index is 15.6. The molecule has 64 heavy (non-hydrogen) atoms. The van der Waals surface area contributed by atoms with E-state index in [4.69, 9.17) is 0 Å². The molecule has 6 aromatic carbocycles. The summed E-state index contributed by atoms with van der Waals surface area (Å²) in [5.74, 6) is -0.0650. The Morgan fingerprint density at radius 3 is 1.39 bits per heavy atom. The summed E-state index contributed by atoms with van der Waals surface area (Å²) in [6, 6.07) is 43.7. The van der Waals surface area contributed by atoms with Crippen molar-refractivity contribution in [2.45, 2.75) is 86.7 Å². The number of hydrogen-bond donors (Lipinski definition) is 1. The first-order valence-electron chi connectivity index (χ1n) is 21.7. The van der Waals surface area contributed by atoms with Crippen LogP contribution in [-0.4, -0.2) is 71.6 Å². The van der Waals surface area contributed by atoms with Crippen molar-refractivity contribution in [3.63, 3.8) is 0 Å². The van der Waals surface area contributed by atoms with Gasteiger partial charge in [-0.25, -0.2) is 25.3 Å². The van der Waals surface area contributed by atoms with Gasteiger partial charge in [-0.3, -0.25) is 4.31 Å². The summed E-state index contributed by atoms with van der Waals surface area (Å²) in [6.45, 7) is 9.04. The highest BCUT2D eigenvalue weighted by Gasteiger charge is 2.43. The van der Waals surface area contributed by atoms with E-state index in [0.29, 0.717) is 24.2 Å². The van der Waals surface area contributed by atoms with Crippen LogP contribution in [0.15, 0.2) is 172 Å². The molecule has 1 aliphatic heterocycles. The van der Waals surface area contributed by atoms with Gasteiger partial charge < -0.3 is 5.32 Å². The topological polar surface area (TPSA) is 124 Å². The summed E-state index contributed by atoms with van der Waals surface area (Å²) in [5.41, 5.74) is 5.14. The first kappa shape index (κ1) is 46.7. The minimum absolute atomic E-state index is 0.0245. The van der Waals surface area contributed by atoms with E-state index < -0.39 is 48.2 Å². The second kappa shape index (κ2) is 19.8. The van der Waals surface area contributed by atoms with Crippen LogP contribution in [0, 0.1) is 26.7 Å². The van der Waals surface area contributed by atoms with Gasteiger partial charge in [0.2, 0.25) is 20.0 Å². The standard InChI is InChI=1S/C51H58N4O6S3/c1-38(2)32-45-36-54(63(58,59)48-28-22-40(4)23-29-48)46(34-43-16-10-7-11-17-43)37-55(64(60,61)49-30-24-41(5)25-31-49)51-19-13-12-18-50(51)52-44(33-42-14-8-6-9-15-42)35-53(45)62(56,57)47-26-20-39(3)21-27-47/h6-31,38,44-46,52H,32-37H2,1-5H3/t44-,45-,46-/m0/s1. The lowest BCUT2D eigenvalue weighted by Gasteiger charge is -2.42. The molecule has 0 radical (unpaired) electrons. The third-order valence-corrected chi connectivity index (χ3v) is 17.4. The van der Waals surface area contributed by atoms with E-state index >= 15 is 25.3 Å². The van der Waals surface area contributed by atoms with Crippen LogP contribution >= 0.6 is 0 Å². The summed E-state index contributed by atoms with van der Waals surface area (Å²) < 4.78 is 96.9. The first-order chi connectivity index (χ1) is 30.5. The summed E-state index contributed by atoms with van der Waals surface area (Å²) in [5, 5.41) is 3.66. The average Bonchev–Trinajstić information content (AvgIpc) is 3.26. The molecule has 1 N–H and O–H groups in total. The van der Waals surface area contributed by atoms with Crippen LogP contribution in [0.1, 0.15) is 48.1 Å². The zero-order chi connectivity index (χ0) is 45.6. The number of rotatable bonds is 12. The Balaban J connectivity index is 1.53. The van der Waals surface area contributed by atoms with Crippen molar-refractivity contribution in [3.8, 4) is 0 Å². The van der Waals surface area contributed by atoms with Crippen molar-refractivity contribution >= 4 is 41.4 Å². The maximum Gasteiger partial charge on any atom is 0.264 e. The smallest absolute Gasteiger partial charge is 0.264 e. The summed E-state index contributed by atoms with van der Waals surface area (Å²) >= 11 is 0. The number of benzene rings is 6. The summed E-state index contributed by atoms with van der Waals surface area (Å²) in [4.78, 5) is 0.179. The number of aryl methyl sites for hydroxylation is 3. The molecule has 0 aliphatic carbocycles. The zero-order valence-corrected chi connectivity index (χ0v) is 39.5. The minimum Gasteiger partial charge on any atom is -0.379 e. The highest BCUT2D eigenvalue weighted by atomic mass is 32.2. The van der Waals surface area contributed by atoms with Gasteiger partial charge in [0.05, 0.1) is 32.6 Å². The van der Waals surface area contributed by atoms with E-state index in [1.54, 1.807) is 91.0 Å². The predicted octanol–water partition coefficient (Wildman–Crippen LogP) is 9.25. The third kappa shape index (κ3) is 10.8. The molecule has 10 nitrogen and oxygen atoms in total. The van der Waals surface area contributed by atoms with Gasteiger partial charge in [-0.05, 0) is 106 Å². The molecule has 0 amide bonds. The summed E-state index contributed by atoms with van der Waals surface area (Å²) in [7, 11) is -13.1. The first-order valence-corrected chi connectivity index (χ1v) is 26.0. The Morgan fingerprint density at radius 1 is 0.484 bits per heavy atom. The Labute approximate surface area is 380 Å². The van der Waals surface area contributed by atoms with E-state index in [-0.39, 0.29) is 46.7 Å². The van der Waals surface area contributed by atoms with Gasteiger partial charge in [-0.15, -0.1) is 0 Å². The number of hydrogen-bond acceptors (Lipinski definition) is 7. The molecule has 0 saturated heterocycles. The van der Waals surface area contributed by atoms with Crippen LogP contribution in [-0.2, 0) is 42.9 Å². The molecule has 0 aromatic heterocycles. The number of anilines is 2. The molecule has 7 rings (SSSR count). The van der Waals surface area contributed by atoms with E-state index in [9.17, 15) is 0 Å². The van der Waals surface area contributed by atoms with E-state index in [1.165, 1.54) is 12.9 Å². The third-order valence-electron chi connectivity index (χ3n) is 11.8. The van der Waals surface area contributed by atoms with Crippen LogP contribution in [0.25, 0.3) is 0 Å². The lowest BCUT2D eigenvalue weighted by Crippen LogP contribution is -2.57. The maximum absolute atomic E-state index is 15.6. The van der Waals surface area contributed by atoms with Crippen molar-refractivity contribution in [2.75, 3.05) is 29.3 Å². The van der Waals surface area contributed by atoms with Gasteiger partial charge in [0.15, 0.2) is 0 Å². The molecular formula is C51H58N4O6S3.